The van der Waals surface area contributed by atoms with Crippen LogP contribution in [0.15, 0.2) is 11.6 Å². The quantitative estimate of drug-likeness (QED) is 0.767. The molecular weight excluding hydrogens is 289 g/mol. The van der Waals surface area contributed by atoms with E-state index in [0.29, 0.717) is 12.8 Å². The third kappa shape index (κ3) is 6.05. The molecule has 0 bridgehead atoms. The van der Waals surface area contributed by atoms with Crippen LogP contribution in [0.3, 0.4) is 0 Å². The minimum absolute atomic E-state index is 0.0268. The van der Waals surface area contributed by atoms with Crippen molar-refractivity contribution < 1.29 is 27.9 Å². The molecule has 2 amide bonds. The van der Waals surface area contributed by atoms with Crippen LogP contribution in [-0.2, 0) is 4.79 Å². The number of nitrogens with one attached hydrogen (secondary N) is 1. The van der Waals surface area contributed by atoms with E-state index in [-0.39, 0.29) is 32.0 Å². The third-order valence-electron chi connectivity index (χ3n) is 3.26. The standard InChI is InChI=1S/C13H19F3N2O3/c1-9(3-2-4-11(19)20)17-12(21)18-7-5-10(6-8-18)13(14,15)16/h5,9H,2-4,6-8H2,1H3,(H,17,21)(H,19,20). The Morgan fingerprint density at radius 3 is 2.62 bits per heavy atom. The van der Waals surface area contributed by atoms with Crippen LogP contribution < -0.4 is 5.32 Å². The molecule has 5 nitrogen and oxygen atoms in total. The molecule has 1 rings (SSSR count). The molecule has 21 heavy (non-hydrogen) atoms. The number of hydrogen-bond acceptors (Lipinski definition) is 2. The van der Waals surface area contributed by atoms with Crippen LogP contribution in [0.25, 0.3) is 0 Å². The normalized spacial score (nSPS) is 17.1. The molecule has 0 spiro atoms. The highest BCUT2D eigenvalue weighted by atomic mass is 19.4. The van der Waals surface area contributed by atoms with Gasteiger partial charge in [0, 0.05) is 31.1 Å². The van der Waals surface area contributed by atoms with Gasteiger partial charge in [0.2, 0.25) is 0 Å². The molecule has 1 heterocycles. The Bertz CT molecular complexity index is 421. The van der Waals surface area contributed by atoms with Crippen molar-refractivity contribution in [2.45, 2.75) is 44.8 Å². The molecule has 1 unspecified atom stereocenters. The molecular formula is C13H19F3N2O3. The second-order valence-electron chi connectivity index (χ2n) is 5.06. The SMILES string of the molecule is CC(CCCC(=O)O)NC(=O)N1CC=C(C(F)(F)F)CC1. The predicted molar refractivity (Wildman–Crippen MR) is 69.8 cm³/mol. The summed E-state index contributed by atoms with van der Waals surface area (Å²) in [6.45, 7) is 1.70. The van der Waals surface area contributed by atoms with E-state index in [1.54, 1.807) is 6.92 Å². The molecule has 8 heteroatoms. The number of carbonyl (C=O) groups is 2. The Morgan fingerprint density at radius 2 is 2.14 bits per heavy atom. The molecule has 120 valence electrons. The largest absolute Gasteiger partial charge is 0.481 e. The van der Waals surface area contributed by atoms with Gasteiger partial charge >= 0.3 is 18.2 Å². The van der Waals surface area contributed by atoms with E-state index in [1.807, 2.05) is 0 Å². The molecule has 2 N–H and O–H groups in total. The maximum Gasteiger partial charge on any atom is 0.412 e. The summed E-state index contributed by atoms with van der Waals surface area (Å²) in [7, 11) is 0. The van der Waals surface area contributed by atoms with Crippen molar-refractivity contribution in [2.24, 2.45) is 0 Å². The zero-order valence-corrected chi connectivity index (χ0v) is 11.7. The van der Waals surface area contributed by atoms with E-state index in [2.05, 4.69) is 5.32 Å². The molecule has 0 fully saturated rings. The van der Waals surface area contributed by atoms with E-state index in [0.717, 1.165) is 6.08 Å². The molecule has 1 aliphatic rings. The first-order valence-corrected chi connectivity index (χ1v) is 6.73. The number of rotatable bonds is 5. The summed E-state index contributed by atoms with van der Waals surface area (Å²) in [6, 6.07) is -0.639. The maximum atomic E-state index is 12.4. The van der Waals surface area contributed by atoms with E-state index in [9.17, 15) is 22.8 Å². The number of hydrogen-bond donors (Lipinski definition) is 2. The topological polar surface area (TPSA) is 69.6 Å². The number of alkyl halides is 3. The van der Waals surface area contributed by atoms with Gasteiger partial charge in [-0.05, 0) is 26.2 Å². The van der Waals surface area contributed by atoms with Crippen LogP contribution in [0.5, 0.6) is 0 Å². The summed E-state index contributed by atoms with van der Waals surface area (Å²) in [5, 5.41) is 11.2. The van der Waals surface area contributed by atoms with Crippen LogP contribution in [0.1, 0.15) is 32.6 Å². The third-order valence-corrected chi connectivity index (χ3v) is 3.26. The van der Waals surface area contributed by atoms with E-state index >= 15 is 0 Å². The van der Waals surface area contributed by atoms with Crippen molar-refractivity contribution in [3.05, 3.63) is 11.6 Å². The van der Waals surface area contributed by atoms with Gasteiger partial charge in [-0.1, -0.05) is 6.08 Å². The lowest BCUT2D eigenvalue weighted by atomic mass is 10.1. The monoisotopic (exact) mass is 308 g/mol. The Balaban J connectivity index is 2.37. The van der Waals surface area contributed by atoms with Gasteiger partial charge in [-0.25, -0.2) is 4.79 Å². The number of halogens is 3. The smallest absolute Gasteiger partial charge is 0.412 e. The highest BCUT2D eigenvalue weighted by molar-refractivity contribution is 5.75. The van der Waals surface area contributed by atoms with E-state index in [1.165, 1.54) is 4.90 Å². The zero-order chi connectivity index (χ0) is 16.0. The molecule has 1 atom stereocenters. The number of carbonyl (C=O) groups excluding carboxylic acids is 1. The minimum Gasteiger partial charge on any atom is -0.481 e. The van der Waals surface area contributed by atoms with Crippen molar-refractivity contribution in [3.8, 4) is 0 Å². The fraction of sp³-hybridized carbons (Fsp3) is 0.692. The predicted octanol–water partition coefficient (Wildman–Crippen LogP) is 2.53. The highest BCUT2D eigenvalue weighted by Crippen LogP contribution is 2.30. The number of aliphatic carboxylic acids is 1. The van der Waals surface area contributed by atoms with Crippen molar-refractivity contribution in [3.63, 3.8) is 0 Å². The lowest BCUT2D eigenvalue weighted by molar-refractivity contribution is -0.137. The van der Waals surface area contributed by atoms with Gasteiger partial charge in [-0.3, -0.25) is 4.79 Å². The molecule has 0 radical (unpaired) electrons. The molecule has 0 saturated carbocycles. The van der Waals surface area contributed by atoms with Gasteiger partial charge in [0.05, 0.1) is 0 Å². The first kappa shape index (κ1) is 17.3. The lowest BCUT2D eigenvalue weighted by Gasteiger charge is -2.28. The van der Waals surface area contributed by atoms with Crippen LogP contribution in [0.2, 0.25) is 0 Å². The zero-order valence-electron chi connectivity index (χ0n) is 11.7. The van der Waals surface area contributed by atoms with Gasteiger partial charge in [-0.15, -0.1) is 0 Å². The first-order chi connectivity index (χ1) is 9.70. The second kappa shape index (κ2) is 7.33. The van der Waals surface area contributed by atoms with E-state index < -0.39 is 23.7 Å². The molecule has 0 saturated heterocycles. The van der Waals surface area contributed by atoms with Crippen LogP contribution in [-0.4, -0.2) is 47.3 Å². The second-order valence-corrected chi connectivity index (χ2v) is 5.06. The summed E-state index contributed by atoms with van der Waals surface area (Å²) < 4.78 is 37.3. The summed E-state index contributed by atoms with van der Waals surface area (Å²) in [4.78, 5) is 23.5. The Kier molecular flexibility index (Phi) is 6.04. The molecule has 0 aliphatic carbocycles. The van der Waals surface area contributed by atoms with Gasteiger partial charge in [0.1, 0.15) is 0 Å². The van der Waals surface area contributed by atoms with Crippen molar-refractivity contribution >= 4 is 12.0 Å². The lowest BCUT2D eigenvalue weighted by Crippen LogP contribution is -2.46. The average Bonchev–Trinajstić information content (AvgIpc) is 2.37. The van der Waals surface area contributed by atoms with Crippen molar-refractivity contribution in [2.75, 3.05) is 13.1 Å². The number of nitrogens with zero attached hydrogens (tertiary/aromatic N) is 1. The van der Waals surface area contributed by atoms with Crippen molar-refractivity contribution in [1.82, 2.24) is 10.2 Å². The van der Waals surface area contributed by atoms with Gasteiger partial charge < -0.3 is 15.3 Å². The highest BCUT2D eigenvalue weighted by Gasteiger charge is 2.35. The minimum atomic E-state index is -4.33. The van der Waals surface area contributed by atoms with Crippen LogP contribution in [0, 0.1) is 0 Å². The maximum absolute atomic E-state index is 12.4. The first-order valence-electron chi connectivity index (χ1n) is 6.73. The Hall–Kier alpha value is -1.73. The summed E-state index contributed by atoms with van der Waals surface area (Å²) in [5.74, 6) is -0.894. The number of carboxylic acids is 1. The number of amides is 2. The Morgan fingerprint density at radius 1 is 1.48 bits per heavy atom. The average molecular weight is 308 g/mol. The molecule has 1 aliphatic heterocycles. The van der Waals surface area contributed by atoms with Crippen molar-refractivity contribution in [1.29, 1.82) is 0 Å². The Labute approximate surface area is 120 Å². The molecule has 0 aromatic heterocycles. The van der Waals surface area contributed by atoms with Gasteiger partial charge in [0.25, 0.3) is 0 Å². The van der Waals surface area contributed by atoms with E-state index in [4.69, 9.17) is 5.11 Å². The summed E-state index contributed by atoms with van der Waals surface area (Å²) in [6.07, 6.45) is -2.53. The number of carboxylic acid groups (broad SMARTS) is 1. The molecule has 0 aromatic carbocycles. The van der Waals surface area contributed by atoms with Gasteiger partial charge in [-0.2, -0.15) is 13.2 Å². The fourth-order valence-electron chi connectivity index (χ4n) is 2.04. The van der Waals surface area contributed by atoms with Crippen LogP contribution >= 0.6 is 0 Å². The van der Waals surface area contributed by atoms with Gasteiger partial charge in [0.15, 0.2) is 0 Å². The molecule has 0 aromatic rings. The summed E-state index contributed by atoms with van der Waals surface area (Å²) in [5.41, 5.74) is -0.596. The number of urea groups is 1. The summed E-state index contributed by atoms with van der Waals surface area (Å²) >= 11 is 0. The fourth-order valence-corrected chi connectivity index (χ4v) is 2.04. The van der Waals surface area contributed by atoms with Crippen LogP contribution in [0.4, 0.5) is 18.0 Å².